The lowest BCUT2D eigenvalue weighted by Crippen LogP contribution is -2.70. The minimum Gasteiger partial charge on any atom is -0.314 e. The van der Waals surface area contributed by atoms with Crippen LogP contribution in [0.25, 0.3) is 0 Å². The van der Waals surface area contributed by atoms with Gasteiger partial charge in [0.15, 0.2) is 0 Å². The molecule has 2 atom stereocenters. The molecule has 4 aliphatic carbocycles. The molecule has 0 aromatic heterocycles. The van der Waals surface area contributed by atoms with Gasteiger partial charge in [0.05, 0.1) is 0 Å². The summed E-state index contributed by atoms with van der Waals surface area (Å²) in [6, 6.07) is 2.05. The number of hydrogen-bond acceptors (Lipinski definition) is 3. The van der Waals surface area contributed by atoms with Crippen molar-refractivity contribution in [1.29, 1.82) is 0 Å². The average molecular weight is 481 g/mol. The van der Waals surface area contributed by atoms with Gasteiger partial charge in [-0.25, -0.2) is 9.18 Å². The van der Waals surface area contributed by atoms with Crippen molar-refractivity contribution in [1.82, 2.24) is 15.5 Å². The standard InChI is InChI=1S/C24H27F4N3O3/c1-2-18(22-10-13-7-14(11-22)9-15(8-13)12-22)31-20(33)23(24(26,27)28,30-21(31)34)29-19(32)16-3-5-17(25)6-4-16/h3-6,13-15,18H,2,7-12H2,1H3,(H,29,32)(H,30,34)/t13?,14?,15?,18-,22?,23-/m1/s1. The van der Waals surface area contributed by atoms with Crippen LogP contribution in [0.1, 0.15) is 62.2 Å². The number of benzene rings is 1. The number of nitrogens with zero attached hydrogens (tertiary/aromatic N) is 1. The van der Waals surface area contributed by atoms with Gasteiger partial charge in [-0.15, -0.1) is 0 Å². The van der Waals surface area contributed by atoms with Crippen molar-refractivity contribution >= 4 is 17.8 Å². The predicted molar refractivity (Wildman–Crippen MR) is 113 cm³/mol. The molecule has 0 unspecified atom stereocenters. The van der Waals surface area contributed by atoms with Crippen LogP contribution in [0.3, 0.4) is 0 Å². The third-order valence-electron chi connectivity index (χ3n) is 8.38. The molecular formula is C24H27F4N3O3. The van der Waals surface area contributed by atoms with E-state index in [9.17, 15) is 31.9 Å². The summed E-state index contributed by atoms with van der Waals surface area (Å²) in [4.78, 5) is 39.8. The van der Waals surface area contributed by atoms with Gasteiger partial charge in [0.25, 0.3) is 17.5 Å². The number of urea groups is 1. The number of carbonyl (C=O) groups excluding carboxylic acids is 3. The van der Waals surface area contributed by atoms with Crippen molar-refractivity contribution in [2.45, 2.75) is 69.8 Å². The van der Waals surface area contributed by atoms with Crippen LogP contribution >= 0.6 is 0 Å². The van der Waals surface area contributed by atoms with E-state index in [2.05, 4.69) is 0 Å². The first-order valence-electron chi connectivity index (χ1n) is 11.8. The number of rotatable bonds is 5. The molecule has 1 saturated heterocycles. The molecule has 1 heterocycles. The highest BCUT2D eigenvalue weighted by molar-refractivity contribution is 6.10. The maximum Gasteiger partial charge on any atom is 0.440 e. The molecule has 34 heavy (non-hydrogen) atoms. The van der Waals surface area contributed by atoms with E-state index in [1.54, 1.807) is 17.6 Å². The van der Waals surface area contributed by atoms with E-state index in [4.69, 9.17) is 0 Å². The molecule has 0 radical (unpaired) electrons. The van der Waals surface area contributed by atoms with E-state index in [1.165, 1.54) is 0 Å². The maximum atomic E-state index is 14.3. The molecule has 5 fully saturated rings. The van der Waals surface area contributed by atoms with E-state index in [-0.39, 0.29) is 11.0 Å². The summed E-state index contributed by atoms with van der Waals surface area (Å²) in [7, 11) is 0. The Kier molecular flexibility index (Phi) is 5.22. The molecule has 1 aromatic rings. The fourth-order valence-electron chi connectivity index (χ4n) is 7.50. The Labute approximate surface area is 194 Å². The number of carbonyl (C=O) groups is 3. The molecule has 1 aliphatic heterocycles. The van der Waals surface area contributed by atoms with Crippen LogP contribution in [0.2, 0.25) is 0 Å². The van der Waals surface area contributed by atoms with Crippen molar-refractivity contribution in [3.05, 3.63) is 35.6 Å². The van der Waals surface area contributed by atoms with Crippen LogP contribution < -0.4 is 10.6 Å². The average Bonchev–Trinajstić information content (AvgIpc) is 2.99. The summed E-state index contributed by atoms with van der Waals surface area (Å²) < 4.78 is 56.2. The lowest BCUT2D eigenvalue weighted by molar-refractivity contribution is -0.202. The fourth-order valence-corrected chi connectivity index (χ4v) is 7.50. The van der Waals surface area contributed by atoms with E-state index in [0.29, 0.717) is 24.2 Å². The molecule has 2 N–H and O–H groups in total. The van der Waals surface area contributed by atoms with Crippen LogP contribution in [0.15, 0.2) is 24.3 Å². The Bertz CT molecular complexity index is 990. The number of imide groups is 1. The van der Waals surface area contributed by atoms with Gasteiger partial charge < -0.3 is 5.32 Å². The van der Waals surface area contributed by atoms with Crippen LogP contribution in [0.5, 0.6) is 0 Å². The summed E-state index contributed by atoms with van der Waals surface area (Å²) in [5, 5.41) is 3.49. The van der Waals surface area contributed by atoms with Gasteiger partial charge >= 0.3 is 12.2 Å². The number of amides is 4. The van der Waals surface area contributed by atoms with Crippen LogP contribution in [-0.4, -0.2) is 40.6 Å². The maximum absolute atomic E-state index is 14.3. The molecule has 184 valence electrons. The van der Waals surface area contributed by atoms with E-state index in [0.717, 1.165) is 67.7 Å². The molecule has 6 rings (SSSR count). The van der Waals surface area contributed by atoms with Crippen molar-refractivity contribution in [3.63, 3.8) is 0 Å². The molecule has 4 bridgehead atoms. The van der Waals surface area contributed by atoms with Gasteiger partial charge in [0.1, 0.15) is 5.82 Å². The first kappa shape index (κ1) is 23.1. The Morgan fingerprint density at radius 2 is 1.62 bits per heavy atom. The molecule has 5 aliphatic rings. The second-order valence-corrected chi connectivity index (χ2v) is 10.5. The summed E-state index contributed by atoms with van der Waals surface area (Å²) >= 11 is 0. The lowest BCUT2D eigenvalue weighted by atomic mass is 9.47. The van der Waals surface area contributed by atoms with Gasteiger partial charge in [-0.2, -0.15) is 13.2 Å². The zero-order valence-corrected chi connectivity index (χ0v) is 18.8. The number of nitrogens with one attached hydrogen (secondary N) is 2. The van der Waals surface area contributed by atoms with Crippen LogP contribution in [-0.2, 0) is 4.79 Å². The third-order valence-corrected chi connectivity index (χ3v) is 8.38. The summed E-state index contributed by atoms with van der Waals surface area (Å²) in [5.41, 5.74) is -4.23. The summed E-state index contributed by atoms with van der Waals surface area (Å²) in [5.74, 6) is -1.98. The Morgan fingerprint density at radius 3 is 2.09 bits per heavy atom. The highest BCUT2D eigenvalue weighted by Crippen LogP contribution is 2.62. The van der Waals surface area contributed by atoms with Crippen molar-refractivity contribution in [2.24, 2.45) is 23.2 Å². The highest BCUT2D eigenvalue weighted by atomic mass is 19.4. The zero-order valence-electron chi connectivity index (χ0n) is 18.8. The zero-order chi connectivity index (χ0) is 24.5. The van der Waals surface area contributed by atoms with Gasteiger partial charge in [0, 0.05) is 11.6 Å². The highest BCUT2D eigenvalue weighted by Gasteiger charge is 2.71. The van der Waals surface area contributed by atoms with Gasteiger partial charge in [0.2, 0.25) is 0 Å². The minimum absolute atomic E-state index is 0.265. The molecule has 1 aromatic carbocycles. The van der Waals surface area contributed by atoms with Gasteiger partial charge in [-0.05, 0) is 92.4 Å². The van der Waals surface area contributed by atoms with Gasteiger partial charge in [-0.3, -0.25) is 19.8 Å². The van der Waals surface area contributed by atoms with E-state index >= 15 is 0 Å². The first-order chi connectivity index (χ1) is 16.0. The minimum atomic E-state index is -5.29. The lowest BCUT2D eigenvalue weighted by Gasteiger charge is -2.60. The number of alkyl halides is 3. The second kappa shape index (κ2) is 7.68. The Balaban J connectivity index is 1.48. The smallest absolute Gasteiger partial charge is 0.314 e. The Hall–Kier alpha value is -2.65. The molecule has 0 spiro atoms. The molecule has 4 amide bonds. The van der Waals surface area contributed by atoms with E-state index < -0.39 is 41.5 Å². The molecule has 10 heteroatoms. The predicted octanol–water partition coefficient (Wildman–Crippen LogP) is 4.36. The largest absolute Gasteiger partial charge is 0.440 e. The van der Waals surface area contributed by atoms with Crippen LogP contribution in [0, 0.1) is 29.0 Å². The monoisotopic (exact) mass is 481 g/mol. The van der Waals surface area contributed by atoms with Crippen molar-refractivity contribution < 1.29 is 31.9 Å². The summed E-state index contributed by atoms with van der Waals surface area (Å²) in [6.07, 6.45) is 0.776. The Morgan fingerprint density at radius 1 is 1.09 bits per heavy atom. The van der Waals surface area contributed by atoms with Gasteiger partial charge in [-0.1, -0.05) is 6.92 Å². The van der Waals surface area contributed by atoms with E-state index in [1.807, 2.05) is 0 Å². The second-order valence-electron chi connectivity index (χ2n) is 10.5. The normalized spacial score (nSPS) is 35.4. The molecule has 6 nitrogen and oxygen atoms in total. The van der Waals surface area contributed by atoms with Crippen molar-refractivity contribution in [2.75, 3.05) is 0 Å². The SMILES string of the molecule is CC[C@@H](N1C(=O)N[C@@](NC(=O)c2ccc(F)cc2)(C(F)(F)F)C1=O)C12CC3CC(CC(C3)C1)C2. The quantitative estimate of drug-likeness (QED) is 0.485. The summed E-state index contributed by atoms with van der Waals surface area (Å²) in [6.45, 7) is 1.79. The number of hydrogen-bond donors (Lipinski definition) is 2. The number of halogens is 4. The first-order valence-corrected chi connectivity index (χ1v) is 11.8. The third kappa shape index (κ3) is 3.40. The molecular weight excluding hydrogens is 454 g/mol. The molecule has 4 saturated carbocycles. The van der Waals surface area contributed by atoms with Crippen molar-refractivity contribution in [3.8, 4) is 0 Å². The van der Waals surface area contributed by atoms with Crippen LogP contribution in [0.4, 0.5) is 22.4 Å². The topological polar surface area (TPSA) is 78.5 Å². The fraction of sp³-hybridized carbons (Fsp3) is 0.625.